The highest BCUT2D eigenvalue weighted by molar-refractivity contribution is 5.84. The average Bonchev–Trinajstić information content (AvgIpc) is 3.19. The molecule has 98 valence electrons. The van der Waals surface area contributed by atoms with Crippen molar-refractivity contribution in [3.63, 3.8) is 0 Å². The highest BCUT2D eigenvalue weighted by Crippen LogP contribution is 2.29. The molecule has 1 aliphatic rings. The van der Waals surface area contributed by atoms with Gasteiger partial charge in [-0.1, -0.05) is 37.3 Å². The first kappa shape index (κ1) is 13.1. The molecule has 0 aliphatic heterocycles. The van der Waals surface area contributed by atoms with Crippen molar-refractivity contribution in [2.24, 2.45) is 5.73 Å². The molecule has 0 heterocycles. The van der Waals surface area contributed by atoms with Crippen LogP contribution < -0.4 is 5.73 Å². The first-order valence-corrected chi connectivity index (χ1v) is 6.85. The van der Waals surface area contributed by atoms with E-state index < -0.39 is 0 Å². The fraction of sp³-hybridized carbons (Fsp3) is 0.533. The van der Waals surface area contributed by atoms with E-state index in [0.717, 1.165) is 31.1 Å². The molecule has 1 aliphatic carbocycles. The lowest BCUT2D eigenvalue weighted by atomic mass is 9.97. The molecule has 0 aromatic heterocycles. The molecule has 0 amide bonds. The summed E-state index contributed by atoms with van der Waals surface area (Å²) in [4.78, 5) is 2.50. The van der Waals surface area contributed by atoms with Gasteiger partial charge in [-0.15, -0.1) is 0 Å². The Balaban J connectivity index is 2.08. The maximum Gasteiger partial charge on any atom is 0.0995 e. The molecule has 0 bridgehead atoms. The minimum Gasteiger partial charge on any atom is -0.387 e. The van der Waals surface area contributed by atoms with E-state index in [9.17, 15) is 0 Å². The molecule has 18 heavy (non-hydrogen) atoms. The van der Waals surface area contributed by atoms with Gasteiger partial charge in [-0.3, -0.25) is 10.3 Å². The molecule has 1 aromatic carbocycles. The molecule has 1 fully saturated rings. The van der Waals surface area contributed by atoms with Crippen molar-refractivity contribution in [3.8, 4) is 0 Å². The maximum atomic E-state index is 7.83. The summed E-state index contributed by atoms with van der Waals surface area (Å²) in [5.74, 6) is 0.321. The van der Waals surface area contributed by atoms with Crippen molar-refractivity contribution in [2.75, 3.05) is 13.1 Å². The van der Waals surface area contributed by atoms with Crippen LogP contribution in [-0.2, 0) is 0 Å². The smallest absolute Gasteiger partial charge is 0.0995 e. The van der Waals surface area contributed by atoms with Gasteiger partial charge in [-0.25, -0.2) is 0 Å². The maximum absolute atomic E-state index is 7.83. The van der Waals surface area contributed by atoms with Gasteiger partial charge in [0, 0.05) is 12.6 Å². The van der Waals surface area contributed by atoms with Gasteiger partial charge in [-0.05, 0) is 31.4 Å². The van der Waals surface area contributed by atoms with E-state index in [2.05, 4.69) is 24.0 Å². The number of nitrogens with one attached hydrogen (secondary N) is 1. The van der Waals surface area contributed by atoms with Gasteiger partial charge in [0.05, 0.1) is 11.8 Å². The van der Waals surface area contributed by atoms with Crippen molar-refractivity contribution >= 4 is 5.84 Å². The highest BCUT2D eigenvalue weighted by Gasteiger charge is 2.30. The third kappa shape index (κ3) is 3.33. The Morgan fingerprint density at radius 3 is 2.56 bits per heavy atom. The van der Waals surface area contributed by atoms with E-state index in [1.165, 1.54) is 12.8 Å². The monoisotopic (exact) mass is 245 g/mol. The lowest BCUT2D eigenvalue weighted by Gasteiger charge is -2.26. The van der Waals surface area contributed by atoms with Gasteiger partial charge in [0.15, 0.2) is 0 Å². The normalized spacial score (nSPS) is 16.8. The number of rotatable bonds is 7. The topological polar surface area (TPSA) is 53.1 Å². The predicted octanol–water partition coefficient (Wildman–Crippen LogP) is 2.58. The number of hydrogen-bond acceptors (Lipinski definition) is 2. The molecule has 3 N–H and O–H groups in total. The highest BCUT2D eigenvalue weighted by atomic mass is 15.2. The van der Waals surface area contributed by atoms with Crippen LogP contribution in [0, 0.1) is 5.41 Å². The van der Waals surface area contributed by atoms with Crippen LogP contribution >= 0.6 is 0 Å². The largest absolute Gasteiger partial charge is 0.387 e. The summed E-state index contributed by atoms with van der Waals surface area (Å²) in [6.45, 7) is 4.21. The second-order valence-electron chi connectivity index (χ2n) is 5.14. The van der Waals surface area contributed by atoms with Crippen LogP contribution in [-0.4, -0.2) is 29.9 Å². The molecule has 2 rings (SSSR count). The molecule has 3 heteroatoms. The van der Waals surface area contributed by atoms with Crippen molar-refractivity contribution in [1.82, 2.24) is 4.90 Å². The molecule has 1 atom stereocenters. The zero-order chi connectivity index (χ0) is 13.0. The Morgan fingerprint density at radius 1 is 1.39 bits per heavy atom. The quantitative estimate of drug-likeness (QED) is 0.573. The lowest BCUT2D eigenvalue weighted by Crippen LogP contribution is -2.36. The summed E-state index contributed by atoms with van der Waals surface area (Å²) < 4.78 is 0. The molecule has 0 spiro atoms. The van der Waals surface area contributed by atoms with Crippen LogP contribution in [0.1, 0.15) is 37.7 Å². The molecule has 1 saturated carbocycles. The zero-order valence-electron chi connectivity index (χ0n) is 11.1. The fourth-order valence-electron chi connectivity index (χ4n) is 2.45. The van der Waals surface area contributed by atoms with Crippen LogP contribution in [0.15, 0.2) is 30.3 Å². The zero-order valence-corrected chi connectivity index (χ0v) is 11.1. The van der Waals surface area contributed by atoms with E-state index in [-0.39, 0.29) is 11.8 Å². The molecule has 1 unspecified atom stereocenters. The molecule has 0 saturated heterocycles. The van der Waals surface area contributed by atoms with Gasteiger partial charge < -0.3 is 5.73 Å². The van der Waals surface area contributed by atoms with Crippen LogP contribution in [0.2, 0.25) is 0 Å². The number of nitrogens with two attached hydrogens (primary N) is 1. The molecule has 1 aromatic rings. The summed E-state index contributed by atoms with van der Waals surface area (Å²) in [5, 5.41) is 7.83. The minimum absolute atomic E-state index is 0.0401. The summed E-state index contributed by atoms with van der Waals surface area (Å²) in [6, 6.07) is 10.9. The van der Waals surface area contributed by atoms with Crippen LogP contribution in [0.4, 0.5) is 0 Å². The van der Waals surface area contributed by atoms with Gasteiger partial charge in [0.25, 0.3) is 0 Å². The number of benzene rings is 1. The van der Waals surface area contributed by atoms with E-state index in [0.29, 0.717) is 0 Å². The second-order valence-corrected chi connectivity index (χ2v) is 5.14. The van der Waals surface area contributed by atoms with Crippen LogP contribution in [0.25, 0.3) is 0 Å². The molecule has 3 nitrogen and oxygen atoms in total. The number of hydrogen-bond donors (Lipinski definition) is 2. The summed E-state index contributed by atoms with van der Waals surface area (Å²) in [5.41, 5.74) is 6.95. The average molecular weight is 245 g/mol. The Morgan fingerprint density at radius 2 is 2.06 bits per heavy atom. The predicted molar refractivity (Wildman–Crippen MR) is 76.0 cm³/mol. The van der Waals surface area contributed by atoms with E-state index in [1.54, 1.807) is 0 Å². The first-order valence-electron chi connectivity index (χ1n) is 6.85. The Kier molecular flexibility index (Phi) is 4.37. The lowest BCUT2D eigenvalue weighted by molar-refractivity contribution is 0.261. The van der Waals surface area contributed by atoms with Crippen LogP contribution in [0.3, 0.4) is 0 Å². The first-order chi connectivity index (χ1) is 8.72. The summed E-state index contributed by atoms with van der Waals surface area (Å²) in [7, 11) is 0. The van der Waals surface area contributed by atoms with Gasteiger partial charge in [0.2, 0.25) is 0 Å². The van der Waals surface area contributed by atoms with Gasteiger partial charge >= 0.3 is 0 Å². The Bertz CT molecular complexity index is 384. The van der Waals surface area contributed by atoms with Crippen LogP contribution in [0.5, 0.6) is 0 Å². The SMILES string of the molecule is CCCN(CC(C(=N)N)c1ccccc1)C1CC1. The van der Waals surface area contributed by atoms with Crippen molar-refractivity contribution < 1.29 is 0 Å². The molecular weight excluding hydrogens is 222 g/mol. The Hall–Kier alpha value is -1.35. The van der Waals surface area contributed by atoms with Crippen molar-refractivity contribution in [1.29, 1.82) is 5.41 Å². The Labute approximate surface area is 109 Å². The third-order valence-corrected chi connectivity index (χ3v) is 3.57. The van der Waals surface area contributed by atoms with Crippen molar-refractivity contribution in [3.05, 3.63) is 35.9 Å². The van der Waals surface area contributed by atoms with Crippen molar-refractivity contribution in [2.45, 2.75) is 38.1 Å². The summed E-state index contributed by atoms with van der Waals surface area (Å²) in [6.07, 6.45) is 3.77. The number of nitrogens with zero attached hydrogens (tertiary/aromatic N) is 1. The molecule has 0 radical (unpaired) electrons. The van der Waals surface area contributed by atoms with Gasteiger partial charge in [0.1, 0.15) is 0 Å². The minimum atomic E-state index is 0.0401. The van der Waals surface area contributed by atoms with Gasteiger partial charge in [-0.2, -0.15) is 0 Å². The second kappa shape index (κ2) is 6.01. The molecular formula is C15H23N3. The standard InChI is InChI=1S/C15H23N3/c1-2-10-18(13-8-9-13)11-14(15(16)17)12-6-4-3-5-7-12/h3-7,13-14H,2,8-11H2,1H3,(H3,16,17). The van der Waals surface area contributed by atoms with E-state index >= 15 is 0 Å². The fourth-order valence-corrected chi connectivity index (χ4v) is 2.45. The third-order valence-electron chi connectivity index (χ3n) is 3.57. The van der Waals surface area contributed by atoms with E-state index in [1.807, 2.05) is 18.2 Å². The van der Waals surface area contributed by atoms with E-state index in [4.69, 9.17) is 11.1 Å². The number of amidine groups is 1. The summed E-state index contributed by atoms with van der Waals surface area (Å²) >= 11 is 0.